The Morgan fingerprint density at radius 3 is 2.59 bits per heavy atom. The highest BCUT2D eigenvalue weighted by Crippen LogP contribution is 2.35. The van der Waals surface area contributed by atoms with Gasteiger partial charge in [-0.3, -0.25) is 0 Å². The van der Waals surface area contributed by atoms with Crippen LogP contribution in [0.15, 0.2) is 70.2 Å². The predicted molar refractivity (Wildman–Crippen MR) is 124 cm³/mol. The first kappa shape index (κ1) is 20.1. The van der Waals surface area contributed by atoms with Crippen molar-refractivity contribution < 1.29 is 4.74 Å². The summed E-state index contributed by atoms with van der Waals surface area (Å²) in [6, 6.07) is 20.3. The van der Waals surface area contributed by atoms with Gasteiger partial charge in [-0.2, -0.15) is 0 Å². The smallest absolute Gasteiger partial charge is 0.124 e. The van der Waals surface area contributed by atoms with Crippen LogP contribution in [0.5, 0.6) is 5.75 Å². The minimum absolute atomic E-state index is 0.823. The van der Waals surface area contributed by atoms with Crippen molar-refractivity contribution >= 4 is 39.0 Å². The fourth-order valence-electron chi connectivity index (χ4n) is 2.77. The summed E-state index contributed by atoms with van der Waals surface area (Å²) in [5, 5.41) is 10.7. The molecule has 0 atom stereocenters. The molecule has 0 spiro atoms. The Bertz CT molecular complexity index is 1110. The summed E-state index contributed by atoms with van der Waals surface area (Å²) < 4.78 is 6.41. The van der Waals surface area contributed by atoms with Crippen molar-refractivity contribution in [3.05, 3.63) is 76.4 Å². The van der Waals surface area contributed by atoms with E-state index in [1.165, 1.54) is 5.56 Å². The molecule has 0 saturated heterocycles. The van der Waals surface area contributed by atoms with E-state index >= 15 is 0 Å². The first-order chi connectivity index (χ1) is 14.1. The van der Waals surface area contributed by atoms with Gasteiger partial charge in [0.1, 0.15) is 21.5 Å². The van der Waals surface area contributed by atoms with Crippen molar-refractivity contribution in [2.24, 2.45) is 0 Å². The van der Waals surface area contributed by atoms with Gasteiger partial charge in [0.15, 0.2) is 0 Å². The molecule has 146 valence electrons. The molecule has 0 aliphatic carbocycles. The number of thiazole rings is 1. The second-order valence-electron chi connectivity index (χ2n) is 6.34. The lowest BCUT2D eigenvalue weighted by Gasteiger charge is -2.02. The van der Waals surface area contributed by atoms with Gasteiger partial charge in [0.2, 0.25) is 0 Å². The van der Waals surface area contributed by atoms with Crippen LogP contribution in [0, 0.1) is 6.92 Å². The molecule has 4 rings (SSSR count). The molecule has 29 heavy (non-hydrogen) atoms. The maximum atomic E-state index is 5.32. The summed E-state index contributed by atoms with van der Waals surface area (Å²) >= 11 is 6.76. The number of methoxy groups -OCH3 is 1. The number of thioether (sulfide) groups is 1. The maximum Gasteiger partial charge on any atom is 0.124 e. The van der Waals surface area contributed by atoms with Gasteiger partial charge in [0.25, 0.3) is 0 Å². The van der Waals surface area contributed by atoms with Crippen LogP contribution in [0.2, 0.25) is 0 Å². The maximum absolute atomic E-state index is 5.32. The normalized spacial score (nSPS) is 10.9. The van der Waals surface area contributed by atoms with Crippen molar-refractivity contribution in [3.63, 3.8) is 0 Å². The third-order valence-corrected chi connectivity index (χ3v) is 7.03. The molecule has 0 aliphatic rings. The van der Waals surface area contributed by atoms with Crippen LogP contribution in [0.25, 0.3) is 21.1 Å². The molecule has 0 bridgehead atoms. The molecule has 0 aliphatic heterocycles. The fraction of sp³-hybridized carbons (Fsp3) is 0.136. The summed E-state index contributed by atoms with van der Waals surface area (Å²) in [5.74, 6) is 1.68. The van der Waals surface area contributed by atoms with Crippen molar-refractivity contribution in [1.29, 1.82) is 0 Å². The molecule has 0 saturated carbocycles. The largest absolute Gasteiger partial charge is 0.497 e. The van der Waals surface area contributed by atoms with Gasteiger partial charge in [-0.15, -0.1) is 21.5 Å². The summed E-state index contributed by atoms with van der Waals surface area (Å²) in [7, 11) is 1.67. The Morgan fingerprint density at radius 2 is 1.86 bits per heavy atom. The molecule has 0 radical (unpaired) electrons. The SMILES string of the molecule is COc1cccc(-c2nc(C)c(-c3ccc(SCc4ccc(Br)cc4)nn3)s2)c1. The second-order valence-corrected chi connectivity index (χ2v) is 9.25. The molecule has 7 heteroatoms. The van der Waals surface area contributed by atoms with Crippen molar-refractivity contribution in [2.75, 3.05) is 7.11 Å². The van der Waals surface area contributed by atoms with Gasteiger partial charge in [0, 0.05) is 15.8 Å². The molecule has 2 aromatic heterocycles. The monoisotopic (exact) mass is 483 g/mol. The topological polar surface area (TPSA) is 47.9 Å². The number of ether oxygens (including phenoxy) is 1. The van der Waals surface area contributed by atoms with E-state index in [4.69, 9.17) is 9.72 Å². The first-order valence-corrected chi connectivity index (χ1v) is 11.5. The first-order valence-electron chi connectivity index (χ1n) is 8.95. The number of hydrogen-bond donors (Lipinski definition) is 0. The zero-order chi connectivity index (χ0) is 20.2. The van der Waals surface area contributed by atoms with Crippen molar-refractivity contribution in [1.82, 2.24) is 15.2 Å². The Kier molecular flexibility index (Phi) is 6.28. The minimum atomic E-state index is 0.823. The Morgan fingerprint density at radius 1 is 1.03 bits per heavy atom. The van der Waals surface area contributed by atoms with E-state index in [9.17, 15) is 0 Å². The zero-order valence-corrected chi connectivity index (χ0v) is 19.1. The molecular weight excluding hydrogens is 466 g/mol. The highest BCUT2D eigenvalue weighted by Gasteiger charge is 2.13. The quantitative estimate of drug-likeness (QED) is 0.287. The van der Waals surface area contributed by atoms with Gasteiger partial charge in [-0.05, 0) is 48.9 Å². The lowest BCUT2D eigenvalue weighted by Crippen LogP contribution is -1.90. The summed E-state index contributed by atoms with van der Waals surface area (Å²) in [5.41, 5.74) is 4.10. The van der Waals surface area contributed by atoms with Gasteiger partial charge in [-0.25, -0.2) is 4.98 Å². The fourth-order valence-corrected chi connectivity index (χ4v) is 4.83. The van der Waals surface area contributed by atoms with E-state index in [2.05, 4.69) is 50.4 Å². The van der Waals surface area contributed by atoms with E-state index in [1.54, 1.807) is 30.2 Å². The van der Waals surface area contributed by atoms with Gasteiger partial charge in [0.05, 0.1) is 17.7 Å². The van der Waals surface area contributed by atoms with E-state index in [-0.39, 0.29) is 0 Å². The minimum Gasteiger partial charge on any atom is -0.497 e. The highest BCUT2D eigenvalue weighted by molar-refractivity contribution is 9.10. The van der Waals surface area contributed by atoms with Crippen LogP contribution < -0.4 is 4.74 Å². The van der Waals surface area contributed by atoms with E-state index in [0.29, 0.717) is 0 Å². The highest BCUT2D eigenvalue weighted by atomic mass is 79.9. The van der Waals surface area contributed by atoms with E-state index in [1.807, 2.05) is 43.3 Å². The second kappa shape index (κ2) is 9.07. The summed E-state index contributed by atoms with van der Waals surface area (Å²) in [4.78, 5) is 5.77. The standard InChI is InChI=1S/C22H18BrN3OS2/c1-14-21(29-22(24-14)16-4-3-5-18(12-16)27-2)19-10-11-20(26-25-19)28-13-15-6-8-17(23)9-7-15/h3-12H,13H2,1-2H3. The van der Waals surface area contributed by atoms with Gasteiger partial charge < -0.3 is 4.74 Å². The Hall–Kier alpha value is -2.22. The zero-order valence-electron chi connectivity index (χ0n) is 15.9. The molecule has 2 heterocycles. The van der Waals surface area contributed by atoms with Crippen LogP contribution in [-0.4, -0.2) is 22.3 Å². The molecule has 0 N–H and O–H groups in total. The van der Waals surface area contributed by atoms with Crippen LogP contribution in [0.1, 0.15) is 11.3 Å². The lowest BCUT2D eigenvalue weighted by molar-refractivity contribution is 0.415. The molecule has 4 nitrogen and oxygen atoms in total. The number of benzene rings is 2. The summed E-state index contributed by atoms with van der Waals surface area (Å²) in [6.45, 7) is 2.01. The van der Waals surface area contributed by atoms with E-state index in [0.717, 1.165) is 47.8 Å². The van der Waals surface area contributed by atoms with Crippen LogP contribution in [-0.2, 0) is 5.75 Å². The number of hydrogen-bond acceptors (Lipinski definition) is 6. The van der Waals surface area contributed by atoms with Crippen LogP contribution in [0.3, 0.4) is 0 Å². The average molecular weight is 484 g/mol. The van der Waals surface area contributed by atoms with Gasteiger partial charge >= 0.3 is 0 Å². The molecule has 0 amide bonds. The summed E-state index contributed by atoms with van der Waals surface area (Å²) in [6.07, 6.45) is 0. The van der Waals surface area contributed by atoms with Crippen molar-refractivity contribution in [3.8, 4) is 26.9 Å². The molecular formula is C22H18BrN3OS2. The third kappa shape index (κ3) is 4.86. The lowest BCUT2D eigenvalue weighted by atomic mass is 10.2. The molecule has 0 fully saturated rings. The molecule has 0 unspecified atom stereocenters. The number of aromatic nitrogens is 3. The van der Waals surface area contributed by atoms with Crippen LogP contribution in [0.4, 0.5) is 0 Å². The Balaban J connectivity index is 1.50. The average Bonchev–Trinajstić information content (AvgIpc) is 3.15. The predicted octanol–water partition coefficient (Wildman–Crippen LogP) is 6.64. The molecule has 2 aromatic carbocycles. The number of nitrogens with zero attached hydrogens (tertiary/aromatic N) is 3. The number of aryl methyl sites for hydroxylation is 1. The van der Waals surface area contributed by atoms with Crippen molar-refractivity contribution in [2.45, 2.75) is 17.7 Å². The Labute approximate surface area is 186 Å². The number of rotatable bonds is 6. The number of halogens is 1. The third-order valence-electron chi connectivity index (χ3n) is 4.29. The van der Waals surface area contributed by atoms with E-state index < -0.39 is 0 Å². The molecule has 4 aromatic rings. The van der Waals surface area contributed by atoms with Crippen LogP contribution >= 0.6 is 39.0 Å². The van der Waals surface area contributed by atoms with Gasteiger partial charge in [-0.1, -0.05) is 52.0 Å².